The summed E-state index contributed by atoms with van der Waals surface area (Å²) in [5.41, 5.74) is -0.724. The van der Waals surface area contributed by atoms with Crippen molar-refractivity contribution in [2.75, 3.05) is 32.2 Å². The number of thiophene rings is 1. The molecular formula is C19H18F3NO6S. The highest BCUT2D eigenvalue weighted by molar-refractivity contribution is 7.18. The van der Waals surface area contributed by atoms with Gasteiger partial charge in [0.25, 0.3) is 5.91 Å². The number of hydrogen-bond donors (Lipinski definition) is 1. The number of anilines is 1. The molecule has 1 heterocycles. The first-order chi connectivity index (χ1) is 14.2. The van der Waals surface area contributed by atoms with E-state index in [1.807, 2.05) is 0 Å². The summed E-state index contributed by atoms with van der Waals surface area (Å²) < 4.78 is 55.3. The van der Waals surface area contributed by atoms with Crippen molar-refractivity contribution in [3.8, 4) is 0 Å². The SMILES string of the molecule is CCOC(=O)c1c(NC(=O)c2ccc(F)c(F)c2F)sc(C(=O)OCCOC)c1C. The van der Waals surface area contributed by atoms with Gasteiger partial charge >= 0.3 is 11.9 Å². The van der Waals surface area contributed by atoms with Gasteiger partial charge in [-0.25, -0.2) is 22.8 Å². The molecule has 11 heteroatoms. The molecule has 162 valence electrons. The van der Waals surface area contributed by atoms with Crippen LogP contribution in [0, 0.1) is 24.4 Å². The second kappa shape index (κ2) is 10.2. The minimum Gasteiger partial charge on any atom is -0.462 e. The third kappa shape index (κ3) is 4.97. The first-order valence-corrected chi connectivity index (χ1v) is 9.45. The van der Waals surface area contributed by atoms with E-state index in [-0.39, 0.29) is 40.8 Å². The van der Waals surface area contributed by atoms with Gasteiger partial charge in [-0.05, 0) is 31.5 Å². The lowest BCUT2D eigenvalue weighted by molar-refractivity contribution is 0.0392. The molecule has 0 fully saturated rings. The fourth-order valence-electron chi connectivity index (χ4n) is 2.40. The van der Waals surface area contributed by atoms with Crippen molar-refractivity contribution in [3.63, 3.8) is 0 Å². The molecule has 0 bridgehead atoms. The molecule has 30 heavy (non-hydrogen) atoms. The zero-order valence-electron chi connectivity index (χ0n) is 16.3. The van der Waals surface area contributed by atoms with Crippen LogP contribution in [0.25, 0.3) is 0 Å². The third-order valence-corrected chi connectivity index (χ3v) is 5.03. The zero-order valence-corrected chi connectivity index (χ0v) is 17.1. The molecule has 0 spiro atoms. The highest BCUT2D eigenvalue weighted by Crippen LogP contribution is 2.35. The van der Waals surface area contributed by atoms with Crippen LogP contribution in [-0.4, -0.2) is 44.8 Å². The summed E-state index contributed by atoms with van der Waals surface area (Å²) in [7, 11) is 1.42. The number of ether oxygens (including phenoxy) is 3. The molecule has 2 rings (SSSR count). The van der Waals surface area contributed by atoms with E-state index in [1.165, 1.54) is 14.0 Å². The molecule has 0 atom stereocenters. The highest BCUT2D eigenvalue weighted by atomic mass is 32.1. The van der Waals surface area contributed by atoms with Gasteiger partial charge in [-0.1, -0.05) is 0 Å². The average Bonchev–Trinajstić information content (AvgIpc) is 3.02. The van der Waals surface area contributed by atoms with Crippen LogP contribution < -0.4 is 5.32 Å². The van der Waals surface area contributed by atoms with Crippen LogP contribution in [0.5, 0.6) is 0 Å². The normalized spacial score (nSPS) is 10.6. The lowest BCUT2D eigenvalue weighted by Gasteiger charge is -2.08. The van der Waals surface area contributed by atoms with E-state index in [9.17, 15) is 27.6 Å². The fourth-order valence-corrected chi connectivity index (χ4v) is 3.48. The van der Waals surface area contributed by atoms with Crippen molar-refractivity contribution >= 4 is 34.2 Å². The number of nitrogens with one attached hydrogen (secondary N) is 1. The van der Waals surface area contributed by atoms with Crippen molar-refractivity contribution < 1.29 is 41.8 Å². The Morgan fingerprint density at radius 2 is 1.73 bits per heavy atom. The van der Waals surface area contributed by atoms with Crippen molar-refractivity contribution in [3.05, 3.63) is 51.2 Å². The van der Waals surface area contributed by atoms with Crippen molar-refractivity contribution in [1.29, 1.82) is 0 Å². The first-order valence-electron chi connectivity index (χ1n) is 8.64. The Balaban J connectivity index is 2.41. The monoisotopic (exact) mass is 445 g/mol. The third-order valence-electron chi connectivity index (χ3n) is 3.84. The van der Waals surface area contributed by atoms with Crippen LogP contribution in [-0.2, 0) is 14.2 Å². The maximum atomic E-state index is 13.9. The molecule has 1 amide bonds. The second-order valence-corrected chi connectivity index (χ2v) is 6.81. The number of esters is 2. The van der Waals surface area contributed by atoms with E-state index < -0.39 is 40.9 Å². The molecular weight excluding hydrogens is 427 g/mol. The first kappa shape index (κ1) is 23.4. The number of amides is 1. The van der Waals surface area contributed by atoms with E-state index in [0.717, 1.165) is 6.07 Å². The van der Waals surface area contributed by atoms with E-state index >= 15 is 0 Å². The standard InChI is InChI=1S/C19H18F3NO6S/c1-4-28-18(25)12-9(2)15(19(26)29-8-7-27-3)30-17(12)23-16(24)10-5-6-11(20)14(22)13(10)21/h5-6H,4,7-8H2,1-3H3,(H,23,24). The van der Waals surface area contributed by atoms with Crippen LogP contribution in [0.15, 0.2) is 12.1 Å². The molecule has 1 aromatic carbocycles. The molecule has 0 saturated heterocycles. The Labute approximate surface area is 173 Å². The predicted octanol–water partition coefficient (Wildman–Crippen LogP) is 3.71. The minimum atomic E-state index is -1.81. The second-order valence-electron chi connectivity index (χ2n) is 5.79. The fraction of sp³-hybridized carbons (Fsp3) is 0.316. The van der Waals surface area contributed by atoms with Gasteiger partial charge in [-0.15, -0.1) is 11.3 Å². The van der Waals surface area contributed by atoms with E-state index in [4.69, 9.17) is 14.2 Å². The molecule has 0 unspecified atom stereocenters. The van der Waals surface area contributed by atoms with Crippen LogP contribution >= 0.6 is 11.3 Å². The topological polar surface area (TPSA) is 90.9 Å². The number of methoxy groups -OCH3 is 1. The molecule has 1 aromatic heterocycles. The van der Waals surface area contributed by atoms with Gasteiger partial charge in [0.05, 0.1) is 24.3 Å². The van der Waals surface area contributed by atoms with Crippen LogP contribution in [0.4, 0.5) is 18.2 Å². The number of carbonyl (C=O) groups excluding carboxylic acids is 3. The lowest BCUT2D eigenvalue weighted by atomic mass is 10.1. The van der Waals surface area contributed by atoms with Gasteiger partial charge in [-0.2, -0.15) is 0 Å². The summed E-state index contributed by atoms with van der Waals surface area (Å²) in [6, 6.07) is 1.35. The molecule has 0 saturated carbocycles. The molecule has 0 aliphatic rings. The van der Waals surface area contributed by atoms with E-state index in [2.05, 4.69) is 5.32 Å². The number of carbonyl (C=O) groups is 3. The molecule has 2 aromatic rings. The van der Waals surface area contributed by atoms with Crippen LogP contribution in [0.3, 0.4) is 0 Å². The summed E-state index contributed by atoms with van der Waals surface area (Å²) >= 11 is 0.704. The van der Waals surface area contributed by atoms with Gasteiger partial charge in [0, 0.05) is 7.11 Å². The van der Waals surface area contributed by atoms with E-state index in [1.54, 1.807) is 6.92 Å². The summed E-state index contributed by atoms with van der Waals surface area (Å²) in [6.07, 6.45) is 0. The summed E-state index contributed by atoms with van der Waals surface area (Å²) in [6.45, 7) is 3.15. The van der Waals surface area contributed by atoms with Gasteiger partial charge < -0.3 is 19.5 Å². The van der Waals surface area contributed by atoms with Crippen LogP contribution in [0.2, 0.25) is 0 Å². The molecule has 0 radical (unpaired) electrons. The Morgan fingerprint density at radius 1 is 1.03 bits per heavy atom. The Kier molecular flexibility index (Phi) is 7.95. The maximum absolute atomic E-state index is 13.9. The van der Waals surface area contributed by atoms with Gasteiger partial charge in [0.1, 0.15) is 16.5 Å². The summed E-state index contributed by atoms with van der Waals surface area (Å²) in [5.74, 6) is -7.68. The van der Waals surface area contributed by atoms with Gasteiger partial charge in [0.15, 0.2) is 17.5 Å². The van der Waals surface area contributed by atoms with Gasteiger partial charge in [0.2, 0.25) is 0 Å². The lowest BCUT2D eigenvalue weighted by Crippen LogP contribution is -2.17. The zero-order chi connectivity index (χ0) is 22.4. The van der Waals surface area contributed by atoms with Crippen molar-refractivity contribution in [1.82, 2.24) is 0 Å². The summed E-state index contributed by atoms with van der Waals surface area (Å²) in [4.78, 5) is 37.1. The molecule has 7 nitrogen and oxygen atoms in total. The van der Waals surface area contributed by atoms with Crippen LogP contribution in [0.1, 0.15) is 42.9 Å². The quantitative estimate of drug-likeness (QED) is 0.379. The predicted molar refractivity (Wildman–Crippen MR) is 101 cm³/mol. The minimum absolute atomic E-state index is 0.00946. The number of hydrogen-bond acceptors (Lipinski definition) is 7. The largest absolute Gasteiger partial charge is 0.462 e. The summed E-state index contributed by atoms with van der Waals surface area (Å²) in [5, 5.41) is 2.13. The molecule has 0 aliphatic heterocycles. The number of rotatable bonds is 8. The highest BCUT2D eigenvalue weighted by Gasteiger charge is 2.28. The Bertz CT molecular complexity index is 976. The molecule has 1 N–H and O–H groups in total. The Morgan fingerprint density at radius 3 is 2.37 bits per heavy atom. The van der Waals surface area contributed by atoms with E-state index in [0.29, 0.717) is 17.4 Å². The van der Waals surface area contributed by atoms with Crippen molar-refractivity contribution in [2.24, 2.45) is 0 Å². The molecule has 0 aliphatic carbocycles. The average molecular weight is 445 g/mol. The number of benzene rings is 1. The number of halogens is 3. The van der Waals surface area contributed by atoms with Crippen molar-refractivity contribution in [2.45, 2.75) is 13.8 Å². The Hall–Kier alpha value is -2.92. The smallest absolute Gasteiger partial charge is 0.348 e. The van der Waals surface area contributed by atoms with Gasteiger partial charge in [-0.3, -0.25) is 4.79 Å². The maximum Gasteiger partial charge on any atom is 0.348 e.